The molecule has 0 spiro atoms. The van der Waals surface area contributed by atoms with Crippen LogP contribution in [0.2, 0.25) is 0 Å². The van der Waals surface area contributed by atoms with Crippen LogP contribution in [0, 0.1) is 5.82 Å². The molecule has 2 aromatic rings. The molecule has 2 nitrogen and oxygen atoms in total. The Kier molecular flexibility index (Phi) is 2.34. The van der Waals surface area contributed by atoms with E-state index in [1.165, 1.54) is 6.07 Å². The molecule has 0 fully saturated rings. The van der Waals surface area contributed by atoms with E-state index in [2.05, 4.69) is 4.98 Å². The first-order valence-electron chi connectivity index (χ1n) is 5.21. The third kappa shape index (κ3) is 1.73. The van der Waals surface area contributed by atoms with Crippen LogP contribution in [-0.2, 0) is 5.41 Å². The van der Waals surface area contributed by atoms with Gasteiger partial charge in [-0.1, -0.05) is 26.8 Å². The maximum absolute atomic E-state index is 13.6. The minimum Gasteiger partial charge on any atom is -0.355 e. The average Bonchev–Trinajstić information content (AvgIpc) is 2.18. The molecular weight excluding hydrogens is 205 g/mol. The molecular formula is C13H14FNO. The molecule has 1 heterocycles. The van der Waals surface area contributed by atoms with Crippen molar-refractivity contribution in [2.45, 2.75) is 26.2 Å². The summed E-state index contributed by atoms with van der Waals surface area (Å²) in [6.45, 7) is 5.93. The van der Waals surface area contributed by atoms with E-state index in [0.717, 1.165) is 5.69 Å². The van der Waals surface area contributed by atoms with Crippen molar-refractivity contribution in [3.05, 3.63) is 46.0 Å². The molecule has 0 aliphatic rings. The second-order valence-corrected chi connectivity index (χ2v) is 4.96. The van der Waals surface area contributed by atoms with Crippen molar-refractivity contribution in [3.8, 4) is 0 Å². The zero-order valence-electron chi connectivity index (χ0n) is 9.60. The number of pyridine rings is 1. The molecule has 2 rings (SSSR count). The molecule has 84 valence electrons. The highest BCUT2D eigenvalue weighted by atomic mass is 19.1. The number of H-pyrrole nitrogens is 1. The van der Waals surface area contributed by atoms with Crippen molar-refractivity contribution in [2.24, 2.45) is 0 Å². The molecule has 1 aromatic heterocycles. The second kappa shape index (κ2) is 3.44. The minimum absolute atomic E-state index is 0.141. The molecule has 0 unspecified atom stereocenters. The van der Waals surface area contributed by atoms with Gasteiger partial charge in [0.1, 0.15) is 5.82 Å². The Morgan fingerprint density at radius 1 is 1.25 bits per heavy atom. The zero-order chi connectivity index (χ0) is 11.9. The fraction of sp³-hybridized carbons (Fsp3) is 0.308. The van der Waals surface area contributed by atoms with Crippen LogP contribution in [0.25, 0.3) is 10.9 Å². The number of hydrogen-bond donors (Lipinski definition) is 1. The van der Waals surface area contributed by atoms with Crippen LogP contribution >= 0.6 is 0 Å². The van der Waals surface area contributed by atoms with Crippen LogP contribution in [0.15, 0.2) is 29.1 Å². The van der Waals surface area contributed by atoms with Gasteiger partial charge in [0.05, 0.1) is 5.52 Å². The summed E-state index contributed by atoms with van der Waals surface area (Å²) in [4.78, 5) is 14.8. The number of benzene rings is 1. The van der Waals surface area contributed by atoms with E-state index in [-0.39, 0.29) is 16.7 Å². The van der Waals surface area contributed by atoms with Gasteiger partial charge < -0.3 is 4.98 Å². The Morgan fingerprint density at radius 3 is 2.56 bits per heavy atom. The van der Waals surface area contributed by atoms with Crippen LogP contribution in [0.5, 0.6) is 0 Å². The van der Waals surface area contributed by atoms with E-state index in [1.54, 1.807) is 18.2 Å². The van der Waals surface area contributed by atoms with Gasteiger partial charge in [-0.2, -0.15) is 0 Å². The van der Waals surface area contributed by atoms with E-state index in [9.17, 15) is 9.18 Å². The SMILES string of the molecule is CC(C)(C)c1cc(=O)c2cccc(F)c2[nH]1. The molecule has 1 N–H and O–H groups in total. The number of para-hydroxylation sites is 1. The smallest absolute Gasteiger partial charge is 0.189 e. The second-order valence-electron chi connectivity index (χ2n) is 4.96. The number of nitrogens with one attached hydrogen (secondary N) is 1. The van der Waals surface area contributed by atoms with Gasteiger partial charge in [0.25, 0.3) is 0 Å². The molecule has 0 aliphatic carbocycles. The Morgan fingerprint density at radius 2 is 1.94 bits per heavy atom. The number of hydrogen-bond acceptors (Lipinski definition) is 1. The predicted octanol–water partition coefficient (Wildman–Crippen LogP) is 2.96. The van der Waals surface area contributed by atoms with Crippen molar-refractivity contribution in [1.82, 2.24) is 4.98 Å². The summed E-state index contributed by atoms with van der Waals surface area (Å²) in [5, 5.41) is 0.396. The minimum atomic E-state index is -0.388. The zero-order valence-corrected chi connectivity index (χ0v) is 9.60. The summed E-state index contributed by atoms with van der Waals surface area (Å²) in [7, 11) is 0. The number of fused-ring (bicyclic) bond motifs is 1. The van der Waals surface area contributed by atoms with E-state index in [0.29, 0.717) is 10.9 Å². The van der Waals surface area contributed by atoms with Gasteiger partial charge in [0.2, 0.25) is 0 Å². The molecule has 0 radical (unpaired) electrons. The first-order valence-corrected chi connectivity index (χ1v) is 5.21. The standard InChI is InChI=1S/C13H14FNO/c1-13(2,3)11-7-10(16)8-5-4-6-9(14)12(8)15-11/h4-7H,1-3H3,(H,15,16). The molecule has 0 aliphatic heterocycles. The molecule has 0 saturated heterocycles. The van der Waals surface area contributed by atoms with E-state index >= 15 is 0 Å². The molecule has 0 saturated carbocycles. The van der Waals surface area contributed by atoms with Gasteiger partial charge in [-0.05, 0) is 12.1 Å². The summed E-state index contributed by atoms with van der Waals surface area (Å²) in [5.41, 5.74) is 0.698. The monoisotopic (exact) mass is 219 g/mol. The number of aromatic amines is 1. The Balaban J connectivity index is 2.86. The largest absolute Gasteiger partial charge is 0.355 e. The van der Waals surface area contributed by atoms with Crippen molar-refractivity contribution >= 4 is 10.9 Å². The van der Waals surface area contributed by atoms with Gasteiger partial charge >= 0.3 is 0 Å². The molecule has 0 bridgehead atoms. The van der Waals surface area contributed by atoms with Gasteiger partial charge in [-0.3, -0.25) is 4.79 Å². The van der Waals surface area contributed by atoms with Crippen LogP contribution in [0.3, 0.4) is 0 Å². The summed E-state index contributed by atoms with van der Waals surface area (Å²) in [5.74, 6) is -0.388. The Bertz CT molecular complexity index is 593. The Labute approximate surface area is 93.1 Å². The summed E-state index contributed by atoms with van der Waals surface area (Å²) in [6, 6.07) is 6.07. The van der Waals surface area contributed by atoms with Gasteiger partial charge in [-0.15, -0.1) is 0 Å². The van der Waals surface area contributed by atoms with Crippen molar-refractivity contribution < 1.29 is 4.39 Å². The van der Waals surface area contributed by atoms with Crippen molar-refractivity contribution in [3.63, 3.8) is 0 Å². The average molecular weight is 219 g/mol. The predicted molar refractivity (Wildman–Crippen MR) is 63.2 cm³/mol. The van der Waals surface area contributed by atoms with Crippen molar-refractivity contribution in [1.29, 1.82) is 0 Å². The summed E-state index contributed by atoms with van der Waals surface area (Å²) >= 11 is 0. The van der Waals surface area contributed by atoms with Crippen LogP contribution in [-0.4, -0.2) is 4.98 Å². The van der Waals surface area contributed by atoms with E-state index in [4.69, 9.17) is 0 Å². The highest BCUT2D eigenvalue weighted by Gasteiger charge is 2.16. The molecule has 1 aromatic carbocycles. The number of halogens is 1. The van der Waals surface area contributed by atoms with Crippen LogP contribution in [0.1, 0.15) is 26.5 Å². The number of rotatable bonds is 0. The van der Waals surface area contributed by atoms with Gasteiger partial charge in [0.15, 0.2) is 5.43 Å². The van der Waals surface area contributed by atoms with Crippen LogP contribution < -0.4 is 5.43 Å². The lowest BCUT2D eigenvalue weighted by Crippen LogP contribution is -2.17. The number of aromatic nitrogens is 1. The quantitative estimate of drug-likeness (QED) is 0.726. The lowest BCUT2D eigenvalue weighted by molar-refractivity contribution is 0.568. The maximum Gasteiger partial charge on any atom is 0.189 e. The first kappa shape index (κ1) is 10.9. The molecule has 0 amide bonds. The lowest BCUT2D eigenvalue weighted by atomic mass is 9.91. The lowest BCUT2D eigenvalue weighted by Gasteiger charge is -2.19. The first-order chi connectivity index (χ1) is 7.39. The molecule has 0 atom stereocenters. The fourth-order valence-corrected chi connectivity index (χ4v) is 1.64. The van der Waals surface area contributed by atoms with Crippen molar-refractivity contribution in [2.75, 3.05) is 0 Å². The summed E-state index contributed by atoms with van der Waals surface area (Å²) in [6.07, 6.45) is 0. The summed E-state index contributed by atoms with van der Waals surface area (Å²) < 4.78 is 13.6. The van der Waals surface area contributed by atoms with Crippen LogP contribution in [0.4, 0.5) is 4.39 Å². The highest BCUT2D eigenvalue weighted by molar-refractivity contribution is 5.79. The third-order valence-corrected chi connectivity index (χ3v) is 2.62. The third-order valence-electron chi connectivity index (χ3n) is 2.62. The Hall–Kier alpha value is -1.64. The van der Waals surface area contributed by atoms with E-state index < -0.39 is 0 Å². The van der Waals surface area contributed by atoms with E-state index in [1.807, 2.05) is 20.8 Å². The normalized spacial score (nSPS) is 12.0. The highest BCUT2D eigenvalue weighted by Crippen LogP contribution is 2.21. The molecule has 3 heteroatoms. The topological polar surface area (TPSA) is 32.9 Å². The maximum atomic E-state index is 13.6. The molecule has 16 heavy (non-hydrogen) atoms. The van der Waals surface area contributed by atoms with Gasteiger partial charge in [0, 0.05) is 22.6 Å². The fourth-order valence-electron chi connectivity index (χ4n) is 1.64. The van der Waals surface area contributed by atoms with Gasteiger partial charge in [-0.25, -0.2) is 4.39 Å².